The smallest absolute Gasteiger partial charge is 0.244 e. The molecule has 0 aliphatic rings. The number of sulfonamides is 1. The number of rotatable bonds is 7. The first kappa shape index (κ1) is 15.9. The van der Waals surface area contributed by atoms with E-state index in [-0.39, 0.29) is 4.90 Å². The van der Waals surface area contributed by atoms with E-state index in [1.54, 1.807) is 24.3 Å². The third kappa shape index (κ3) is 4.20. The normalized spacial score (nSPS) is 12.0. The second-order valence-electron chi connectivity index (χ2n) is 3.56. The molecule has 0 aromatic heterocycles. The molecular formula is C11H15BrClNO3S. The Balaban J connectivity index is 2.72. The first-order valence-corrected chi connectivity index (χ1v) is 8.11. The molecule has 0 atom stereocenters. The van der Waals surface area contributed by atoms with Crippen molar-refractivity contribution in [2.75, 3.05) is 32.7 Å². The monoisotopic (exact) mass is 355 g/mol. The van der Waals surface area contributed by atoms with E-state index in [1.807, 2.05) is 0 Å². The van der Waals surface area contributed by atoms with Gasteiger partial charge < -0.3 is 4.74 Å². The van der Waals surface area contributed by atoms with Crippen LogP contribution in [0, 0.1) is 0 Å². The van der Waals surface area contributed by atoms with E-state index in [1.165, 1.54) is 11.4 Å². The molecular weight excluding hydrogens is 342 g/mol. The molecule has 0 radical (unpaired) electrons. The van der Waals surface area contributed by atoms with Gasteiger partial charge in [-0.3, -0.25) is 0 Å². The van der Waals surface area contributed by atoms with Crippen molar-refractivity contribution in [3.63, 3.8) is 0 Å². The number of nitrogens with zero attached hydrogens (tertiary/aromatic N) is 1. The summed E-state index contributed by atoms with van der Waals surface area (Å²) in [6.07, 6.45) is 0. The molecule has 0 fully saturated rings. The molecule has 7 heteroatoms. The standard InChI is InChI=1S/C11H15BrClNO3S/c1-14(7-9-17-8-6-13)18(15,16)11-5-3-2-4-10(11)12/h2-5H,6-9H2,1H3. The Labute approximate surface area is 121 Å². The molecule has 4 nitrogen and oxygen atoms in total. The maximum Gasteiger partial charge on any atom is 0.244 e. The van der Waals surface area contributed by atoms with Crippen molar-refractivity contribution in [2.45, 2.75) is 4.90 Å². The highest BCUT2D eigenvalue weighted by atomic mass is 79.9. The molecule has 0 heterocycles. The highest BCUT2D eigenvalue weighted by Crippen LogP contribution is 2.23. The molecule has 0 spiro atoms. The summed E-state index contributed by atoms with van der Waals surface area (Å²) in [6, 6.07) is 6.72. The van der Waals surface area contributed by atoms with Gasteiger partial charge in [-0.2, -0.15) is 4.31 Å². The number of benzene rings is 1. The zero-order chi connectivity index (χ0) is 13.6. The van der Waals surface area contributed by atoms with Crippen LogP contribution in [0.2, 0.25) is 0 Å². The fraction of sp³-hybridized carbons (Fsp3) is 0.455. The lowest BCUT2D eigenvalue weighted by atomic mass is 10.4. The van der Waals surface area contributed by atoms with Crippen LogP contribution in [-0.2, 0) is 14.8 Å². The number of halogens is 2. The number of likely N-dealkylation sites (N-methyl/N-ethyl adjacent to an activating group) is 1. The Kier molecular flexibility index (Phi) is 6.59. The van der Waals surface area contributed by atoms with E-state index < -0.39 is 10.0 Å². The van der Waals surface area contributed by atoms with Gasteiger partial charge in [-0.25, -0.2) is 8.42 Å². The lowest BCUT2D eigenvalue weighted by Gasteiger charge is -2.17. The van der Waals surface area contributed by atoms with Crippen LogP contribution in [0.5, 0.6) is 0 Å². The Morgan fingerprint density at radius 3 is 2.61 bits per heavy atom. The molecule has 1 aromatic rings. The second kappa shape index (κ2) is 7.45. The van der Waals surface area contributed by atoms with Gasteiger partial charge in [0.2, 0.25) is 10.0 Å². The van der Waals surface area contributed by atoms with Crippen molar-refractivity contribution in [1.82, 2.24) is 4.31 Å². The van der Waals surface area contributed by atoms with Gasteiger partial charge in [0.1, 0.15) is 0 Å². The van der Waals surface area contributed by atoms with Crippen LogP contribution in [0.25, 0.3) is 0 Å². The van der Waals surface area contributed by atoms with Crippen LogP contribution in [0.1, 0.15) is 0 Å². The van der Waals surface area contributed by atoms with Gasteiger partial charge in [-0.05, 0) is 28.1 Å². The summed E-state index contributed by atoms with van der Waals surface area (Å²) in [4.78, 5) is 0.254. The number of hydrogen-bond donors (Lipinski definition) is 0. The average molecular weight is 357 g/mol. The summed E-state index contributed by atoms with van der Waals surface area (Å²) in [5.41, 5.74) is 0. The summed E-state index contributed by atoms with van der Waals surface area (Å²) >= 11 is 8.70. The van der Waals surface area contributed by atoms with Gasteiger partial charge in [-0.15, -0.1) is 11.6 Å². The van der Waals surface area contributed by atoms with E-state index in [0.29, 0.717) is 30.1 Å². The van der Waals surface area contributed by atoms with E-state index in [2.05, 4.69) is 15.9 Å². The van der Waals surface area contributed by atoms with Crippen molar-refractivity contribution in [1.29, 1.82) is 0 Å². The molecule has 0 aliphatic heterocycles. The zero-order valence-corrected chi connectivity index (χ0v) is 13.1. The summed E-state index contributed by atoms with van der Waals surface area (Å²) in [5.74, 6) is 0.403. The Hall–Kier alpha value is -0.140. The molecule has 0 aliphatic carbocycles. The number of ether oxygens (including phenoxy) is 1. The Bertz CT molecular complexity index is 481. The first-order valence-electron chi connectivity index (χ1n) is 5.34. The van der Waals surface area contributed by atoms with Gasteiger partial charge in [-0.1, -0.05) is 12.1 Å². The Morgan fingerprint density at radius 2 is 2.00 bits per heavy atom. The van der Waals surface area contributed by atoms with Gasteiger partial charge in [0.15, 0.2) is 0 Å². The molecule has 0 unspecified atom stereocenters. The molecule has 0 N–H and O–H groups in total. The molecule has 0 bridgehead atoms. The minimum atomic E-state index is -3.48. The summed E-state index contributed by atoms with van der Waals surface area (Å²) in [7, 11) is -1.96. The minimum Gasteiger partial charge on any atom is -0.379 e. The predicted molar refractivity (Wildman–Crippen MR) is 75.5 cm³/mol. The second-order valence-corrected chi connectivity index (χ2v) is 6.80. The van der Waals surface area contributed by atoms with Crippen molar-refractivity contribution in [3.05, 3.63) is 28.7 Å². The minimum absolute atomic E-state index is 0.254. The molecule has 0 saturated carbocycles. The SMILES string of the molecule is CN(CCOCCCl)S(=O)(=O)c1ccccc1Br. The van der Waals surface area contributed by atoms with Crippen LogP contribution in [0.4, 0.5) is 0 Å². The quantitative estimate of drug-likeness (QED) is 0.556. The zero-order valence-electron chi connectivity index (χ0n) is 9.97. The number of alkyl halides is 1. The topological polar surface area (TPSA) is 46.6 Å². The fourth-order valence-electron chi connectivity index (χ4n) is 1.29. The van der Waals surface area contributed by atoms with Crippen molar-refractivity contribution in [2.24, 2.45) is 0 Å². The lowest BCUT2D eigenvalue weighted by Crippen LogP contribution is -2.30. The fourth-order valence-corrected chi connectivity index (χ4v) is 3.51. The van der Waals surface area contributed by atoms with Crippen LogP contribution < -0.4 is 0 Å². The molecule has 0 saturated heterocycles. The maximum absolute atomic E-state index is 12.2. The van der Waals surface area contributed by atoms with Crippen molar-refractivity contribution >= 4 is 37.6 Å². The predicted octanol–water partition coefficient (Wildman–Crippen LogP) is 2.33. The third-order valence-electron chi connectivity index (χ3n) is 2.30. The lowest BCUT2D eigenvalue weighted by molar-refractivity contribution is 0.140. The third-order valence-corrected chi connectivity index (χ3v) is 5.32. The van der Waals surface area contributed by atoms with Crippen LogP contribution in [0.3, 0.4) is 0 Å². The summed E-state index contributed by atoms with van der Waals surface area (Å²) in [6.45, 7) is 1.04. The Morgan fingerprint density at radius 1 is 1.33 bits per heavy atom. The van der Waals surface area contributed by atoms with Crippen molar-refractivity contribution in [3.8, 4) is 0 Å². The highest BCUT2D eigenvalue weighted by Gasteiger charge is 2.22. The first-order chi connectivity index (χ1) is 8.50. The average Bonchev–Trinajstić information content (AvgIpc) is 2.34. The molecule has 18 heavy (non-hydrogen) atoms. The van der Waals surface area contributed by atoms with Crippen molar-refractivity contribution < 1.29 is 13.2 Å². The van der Waals surface area contributed by atoms with Gasteiger partial charge in [0.05, 0.1) is 18.1 Å². The molecule has 0 amide bonds. The van der Waals surface area contributed by atoms with Crippen LogP contribution in [0.15, 0.2) is 33.6 Å². The van der Waals surface area contributed by atoms with E-state index in [9.17, 15) is 8.42 Å². The van der Waals surface area contributed by atoms with E-state index >= 15 is 0 Å². The summed E-state index contributed by atoms with van der Waals surface area (Å²) in [5, 5.41) is 0. The van der Waals surface area contributed by atoms with Crippen LogP contribution in [-0.4, -0.2) is 45.4 Å². The van der Waals surface area contributed by atoms with E-state index in [0.717, 1.165) is 0 Å². The molecule has 1 rings (SSSR count). The molecule has 1 aromatic carbocycles. The summed E-state index contributed by atoms with van der Waals surface area (Å²) < 4.78 is 31.4. The highest BCUT2D eigenvalue weighted by molar-refractivity contribution is 9.10. The van der Waals surface area contributed by atoms with E-state index in [4.69, 9.17) is 16.3 Å². The largest absolute Gasteiger partial charge is 0.379 e. The van der Waals surface area contributed by atoms with Gasteiger partial charge in [0.25, 0.3) is 0 Å². The van der Waals surface area contributed by atoms with Gasteiger partial charge >= 0.3 is 0 Å². The maximum atomic E-state index is 12.2. The van der Waals surface area contributed by atoms with Crippen LogP contribution >= 0.6 is 27.5 Å². The molecule has 102 valence electrons. The van der Waals surface area contributed by atoms with Gasteiger partial charge in [0, 0.05) is 23.9 Å². The number of hydrogen-bond acceptors (Lipinski definition) is 3.